The molecule has 3 rings (SSSR count). The van der Waals surface area contributed by atoms with E-state index < -0.39 is 0 Å². The van der Waals surface area contributed by atoms with Crippen molar-refractivity contribution in [2.75, 3.05) is 5.32 Å². The lowest BCUT2D eigenvalue weighted by Crippen LogP contribution is -2.27. The van der Waals surface area contributed by atoms with Crippen LogP contribution in [0.4, 0.5) is 5.69 Å². The van der Waals surface area contributed by atoms with Crippen LogP contribution in [-0.2, 0) is 12.8 Å². The Morgan fingerprint density at radius 3 is 2.70 bits per heavy atom. The van der Waals surface area contributed by atoms with Gasteiger partial charge in [0.25, 0.3) is 0 Å². The highest BCUT2D eigenvalue weighted by Crippen LogP contribution is 2.27. The van der Waals surface area contributed by atoms with Crippen molar-refractivity contribution in [1.82, 2.24) is 0 Å². The van der Waals surface area contributed by atoms with E-state index in [4.69, 9.17) is 0 Å². The number of hydrogen-bond donors (Lipinski definition) is 1. The van der Waals surface area contributed by atoms with Crippen LogP contribution in [0.2, 0.25) is 0 Å². The van der Waals surface area contributed by atoms with Crippen LogP contribution in [0, 0.1) is 6.92 Å². The van der Waals surface area contributed by atoms with Crippen LogP contribution in [-0.4, -0.2) is 6.04 Å². The monoisotopic (exact) mass is 393 g/mol. The fourth-order valence-electron chi connectivity index (χ4n) is 2.82. The Labute approximate surface area is 137 Å². The molecule has 104 valence electrons. The van der Waals surface area contributed by atoms with E-state index in [0.29, 0.717) is 6.04 Å². The van der Waals surface area contributed by atoms with E-state index in [1.165, 1.54) is 37.7 Å². The molecule has 1 N–H and O–H groups in total. The minimum atomic E-state index is 0.532. The molecular weight excluding hydrogens is 378 g/mol. The van der Waals surface area contributed by atoms with Crippen LogP contribution < -0.4 is 5.32 Å². The van der Waals surface area contributed by atoms with Gasteiger partial charge in [-0.2, -0.15) is 0 Å². The number of aryl methyl sites for hydroxylation is 2. The van der Waals surface area contributed by atoms with E-state index >= 15 is 0 Å². The first-order chi connectivity index (χ1) is 9.61. The zero-order chi connectivity index (χ0) is 14.1. The molecule has 1 nitrogen and oxygen atoms in total. The lowest BCUT2D eigenvalue weighted by Gasteiger charge is -2.26. The van der Waals surface area contributed by atoms with Crippen LogP contribution in [0.25, 0.3) is 0 Å². The quantitative estimate of drug-likeness (QED) is 0.709. The SMILES string of the molecule is Cc1cc(NC2CCc3cc(Br)ccc3C2)ccc1Br. The summed E-state index contributed by atoms with van der Waals surface area (Å²) in [7, 11) is 0. The summed E-state index contributed by atoms with van der Waals surface area (Å²) in [5.41, 5.74) is 5.46. The third-order valence-electron chi connectivity index (χ3n) is 3.93. The topological polar surface area (TPSA) is 12.0 Å². The van der Waals surface area contributed by atoms with E-state index in [2.05, 4.69) is 80.5 Å². The third-order valence-corrected chi connectivity index (χ3v) is 5.31. The molecule has 0 radical (unpaired) electrons. The van der Waals surface area contributed by atoms with Crippen LogP contribution in [0.3, 0.4) is 0 Å². The zero-order valence-electron chi connectivity index (χ0n) is 11.4. The zero-order valence-corrected chi connectivity index (χ0v) is 14.6. The van der Waals surface area contributed by atoms with Crippen LogP contribution >= 0.6 is 31.9 Å². The summed E-state index contributed by atoms with van der Waals surface area (Å²) < 4.78 is 2.35. The molecule has 2 aromatic carbocycles. The van der Waals surface area contributed by atoms with E-state index in [0.717, 1.165) is 12.8 Å². The van der Waals surface area contributed by atoms with Gasteiger partial charge >= 0.3 is 0 Å². The first-order valence-electron chi connectivity index (χ1n) is 6.92. The number of benzene rings is 2. The molecule has 0 fully saturated rings. The Balaban J connectivity index is 1.74. The summed E-state index contributed by atoms with van der Waals surface area (Å²) in [5, 5.41) is 3.67. The van der Waals surface area contributed by atoms with E-state index in [-0.39, 0.29) is 0 Å². The molecule has 0 heterocycles. The summed E-state index contributed by atoms with van der Waals surface area (Å²) in [6, 6.07) is 13.7. The van der Waals surface area contributed by atoms with Gasteiger partial charge in [-0.25, -0.2) is 0 Å². The molecule has 1 unspecified atom stereocenters. The molecule has 0 saturated heterocycles. The molecule has 3 heteroatoms. The summed E-state index contributed by atoms with van der Waals surface area (Å²) in [4.78, 5) is 0. The molecule has 0 amide bonds. The van der Waals surface area contributed by atoms with Crippen molar-refractivity contribution in [2.24, 2.45) is 0 Å². The first kappa shape index (κ1) is 14.2. The molecule has 1 aliphatic carbocycles. The largest absolute Gasteiger partial charge is 0.382 e. The Morgan fingerprint density at radius 1 is 1.05 bits per heavy atom. The van der Waals surface area contributed by atoms with E-state index in [9.17, 15) is 0 Å². The van der Waals surface area contributed by atoms with Gasteiger partial charge in [-0.15, -0.1) is 0 Å². The number of halogens is 2. The van der Waals surface area contributed by atoms with Gasteiger partial charge in [-0.1, -0.05) is 37.9 Å². The van der Waals surface area contributed by atoms with Crippen molar-refractivity contribution in [1.29, 1.82) is 0 Å². The maximum absolute atomic E-state index is 3.67. The smallest absolute Gasteiger partial charge is 0.0345 e. The highest BCUT2D eigenvalue weighted by atomic mass is 79.9. The Morgan fingerprint density at radius 2 is 1.90 bits per heavy atom. The molecule has 0 aliphatic heterocycles. The van der Waals surface area contributed by atoms with Crippen molar-refractivity contribution < 1.29 is 0 Å². The summed E-state index contributed by atoms with van der Waals surface area (Å²) >= 11 is 7.10. The maximum Gasteiger partial charge on any atom is 0.0345 e. The lowest BCUT2D eigenvalue weighted by atomic mass is 9.88. The number of nitrogens with one attached hydrogen (secondary N) is 1. The Kier molecular flexibility index (Phi) is 4.18. The average molecular weight is 395 g/mol. The number of rotatable bonds is 2. The molecule has 1 atom stereocenters. The lowest BCUT2D eigenvalue weighted by molar-refractivity contribution is 0.610. The van der Waals surface area contributed by atoms with Gasteiger partial charge in [0.1, 0.15) is 0 Å². The second-order valence-electron chi connectivity index (χ2n) is 5.46. The van der Waals surface area contributed by atoms with Crippen molar-refractivity contribution in [2.45, 2.75) is 32.2 Å². The van der Waals surface area contributed by atoms with Gasteiger partial charge in [0.05, 0.1) is 0 Å². The predicted molar refractivity (Wildman–Crippen MR) is 92.5 cm³/mol. The van der Waals surface area contributed by atoms with E-state index in [1.54, 1.807) is 0 Å². The summed E-state index contributed by atoms with van der Waals surface area (Å²) in [6.07, 6.45) is 3.46. The fourth-order valence-corrected chi connectivity index (χ4v) is 3.47. The highest BCUT2D eigenvalue weighted by molar-refractivity contribution is 9.10. The van der Waals surface area contributed by atoms with Gasteiger partial charge in [0, 0.05) is 20.7 Å². The highest BCUT2D eigenvalue weighted by Gasteiger charge is 2.18. The van der Waals surface area contributed by atoms with Crippen molar-refractivity contribution in [3.05, 3.63) is 62.0 Å². The first-order valence-corrected chi connectivity index (χ1v) is 8.50. The number of fused-ring (bicyclic) bond motifs is 1. The van der Waals surface area contributed by atoms with Gasteiger partial charge in [-0.3, -0.25) is 0 Å². The van der Waals surface area contributed by atoms with Crippen molar-refractivity contribution in [3.8, 4) is 0 Å². The molecule has 0 aromatic heterocycles. The van der Waals surface area contributed by atoms with Gasteiger partial charge < -0.3 is 5.32 Å². The van der Waals surface area contributed by atoms with Gasteiger partial charge in [0.2, 0.25) is 0 Å². The number of anilines is 1. The Bertz CT molecular complexity index is 637. The standard InChI is InChI=1S/C17H17Br2N/c1-11-8-15(6-7-17(11)19)20-16-5-3-12-9-14(18)4-2-13(12)10-16/h2,4,6-9,16,20H,3,5,10H2,1H3. The molecule has 20 heavy (non-hydrogen) atoms. The number of hydrogen-bond acceptors (Lipinski definition) is 1. The molecular formula is C17H17Br2N. The third kappa shape index (κ3) is 3.09. The minimum absolute atomic E-state index is 0.532. The molecule has 0 saturated carbocycles. The van der Waals surface area contributed by atoms with Gasteiger partial charge in [0.15, 0.2) is 0 Å². The van der Waals surface area contributed by atoms with Gasteiger partial charge in [-0.05, 0) is 73.2 Å². The van der Waals surface area contributed by atoms with Crippen LogP contribution in [0.5, 0.6) is 0 Å². The van der Waals surface area contributed by atoms with Crippen LogP contribution in [0.1, 0.15) is 23.1 Å². The second kappa shape index (κ2) is 5.90. The minimum Gasteiger partial charge on any atom is -0.382 e. The van der Waals surface area contributed by atoms with Crippen molar-refractivity contribution >= 4 is 37.5 Å². The predicted octanol–water partition coefficient (Wildman–Crippen LogP) is 5.49. The van der Waals surface area contributed by atoms with E-state index in [1.807, 2.05) is 0 Å². The summed E-state index contributed by atoms with van der Waals surface area (Å²) in [5.74, 6) is 0. The Hall–Kier alpha value is -0.800. The molecule has 0 spiro atoms. The van der Waals surface area contributed by atoms with Crippen LogP contribution in [0.15, 0.2) is 45.3 Å². The molecule has 1 aliphatic rings. The second-order valence-corrected chi connectivity index (χ2v) is 7.23. The summed E-state index contributed by atoms with van der Waals surface area (Å²) in [6.45, 7) is 2.13. The van der Waals surface area contributed by atoms with Crippen molar-refractivity contribution in [3.63, 3.8) is 0 Å². The molecule has 0 bridgehead atoms. The average Bonchev–Trinajstić information content (AvgIpc) is 2.43. The fraction of sp³-hybridized carbons (Fsp3) is 0.294. The normalized spacial score (nSPS) is 17.6. The maximum atomic E-state index is 3.67. The molecule has 2 aromatic rings.